The van der Waals surface area contributed by atoms with Gasteiger partial charge in [-0.2, -0.15) is 0 Å². The van der Waals surface area contributed by atoms with Crippen LogP contribution >= 0.6 is 0 Å². The van der Waals surface area contributed by atoms with Gasteiger partial charge in [0.2, 0.25) is 5.91 Å². The summed E-state index contributed by atoms with van der Waals surface area (Å²) in [6, 6.07) is 3.75. The monoisotopic (exact) mass is 319 g/mol. The molecule has 0 atom stereocenters. The number of amides is 1. The summed E-state index contributed by atoms with van der Waals surface area (Å²) in [5, 5.41) is 0. The van der Waals surface area contributed by atoms with Gasteiger partial charge >= 0.3 is 5.97 Å². The van der Waals surface area contributed by atoms with Gasteiger partial charge in [0.15, 0.2) is 0 Å². The molecular weight excluding hydrogens is 294 g/mol. The van der Waals surface area contributed by atoms with Gasteiger partial charge in [-0.25, -0.2) is 9.78 Å². The van der Waals surface area contributed by atoms with Gasteiger partial charge in [-0.3, -0.25) is 4.79 Å². The molecule has 1 fully saturated rings. The molecule has 0 bridgehead atoms. The molecule has 6 nitrogen and oxygen atoms in total. The fourth-order valence-corrected chi connectivity index (χ4v) is 2.81. The number of anilines is 1. The highest BCUT2D eigenvalue weighted by molar-refractivity contribution is 5.94. The first-order valence-electron chi connectivity index (χ1n) is 8.04. The van der Waals surface area contributed by atoms with Crippen molar-refractivity contribution < 1.29 is 14.3 Å². The molecule has 2 rings (SSSR count). The highest BCUT2D eigenvalue weighted by Crippen LogP contribution is 2.24. The van der Waals surface area contributed by atoms with E-state index in [1.165, 1.54) is 0 Å². The molecule has 0 N–H and O–H groups in total. The van der Waals surface area contributed by atoms with Gasteiger partial charge in [0, 0.05) is 39.3 Å². The zero-order valence-electron chi connectivity index (χ0n) is 14.3. The average molecular weight is 319 g/mol. The van der Waals surface area contributed by atoms with Gasteiger partial charge < -0.3 is 14.5 Å². The molecule has 23 heavy (non-hydrogen) atoms. The number of aromatic nitrogens is 1. The highest BCUT2D eigenvalue weighted by Gasteiger charge is 2.27. The highest BCUT2D eigenvalue weighted by atomic mass is 16.5. The van der Waals surface area contributed by atoms with Gasteiger partial charge in [0.1, 0.15) is 11.4 Å². The minimum absolute atomic E-state index is 0.0856. The summed E-state index contributed by atoms with van der Waals surface area (Å²) in [7, 11) is 1.84. The van der Waals surface area contributed by atoms with Gasteiger partial charge in [-0.1, -0.05) is 0 Å². The van der Waals surface area contributed by atoms with Crippen LogP contribution in [0.5, 0.6) is 0 Å². The first-order valence-corrected chi connectivity index (χ1v) is 8.04. The van der Waals surface area contributed by atoms with Crippen molar-refractivity contribution in [2.24, 2.45) is 0 Å². The summed E-state index contributed by atoms with van der Waals surface area (Å²) < 4.78 is 5.30. The molecule has 1 saturated heterocycles. The van der Waals surface area contributed by atoms with Gasteiger partial charge in [0.05, 0.1) is 6.10 Å². The second-order valence-electron chi connectivity index (χ2n) is 6.18. The fourth-order valence-electron chi connectivity index (χ4n) is 2.81. The molecule has 0 unspecified atom stereocenters. The second-order valence-corrected chi connectivity index (χ2v) is 6.18. The van der Waals surface area contributed by atoms with E-state index < -0.39 is 0 Å². The number of carbonyl (C=O) groups excluding carboxylic acids is 2. The quantitative estimate of drug-likeness (QED) is 0.795. The molecular formula is C17H25N3O3. The molecule has 0 radical (unpaired) electrons. The SMILES string of the molecule is CC(=O)N(C)C1CCN(c2ncccc2C(=O)OC(C)C)CC1. The van der Waals surface area contributed by atoms with Crippen LogP contribution in [0.15, 0.2) is 18.3 Å². The van der Waals surface area contributed by atoms with Crippen LogP contribution in [0.2, 0.25) is 0 Å². The maximum absolute atomic E-state index is 12.2. The third-order valence-electron chi connectivity index (χ3n) is 4.16. The van der Waals surface area contributed by atoms with Crippen LogP contribution in [-0.4, -0.2) is 54.0 Å². The van der Waals surface area contributed by atoms with Crippen molar-refractivity contribution in [3.63, 3.8) is 0 Å². The summed E-state index contributed by atoms with van der Waals surface area (Å²) in [4.78, 5) is 32.0. The average Bonchev–Trinajstić information content (AvgIpc) is 2.53. The molecule has 0 aromatic carbocycles. The lowest BCUT2D eigenvalue weighted by Crippen LogP contribution is -2.45. The standard InChI is InChI=1S/C17H25N3O3/c1-12(2)23-17(22)15-6-5-9-18-16(15)20-10-7-14(8-11-20)19(4)13(3)21/h5-6,9,12,14H,7-8,10-11H2,1-4H3. The van der Waals surface area contributed by atoms with Crippen molar-refractivity contribution in [1.29, 1.82) is 0 Å². The maximum Gasteiger partial charge on any atom is 0.342 e. The zero-order chi connectivity index (χ0) is 17.0. The lowest BCUT2D eigenvalue weighted by Gasteiger charge is -2.37. The summed E-state index contributed by atoms with van der Waals surface area (Å²) in [5.74, 6) is 0.413. The van der Waals surface area contributed by atoms with Crippen LogP contribution < -0.4 is 4.90 Å². The number of pyridine rings is 1. The van der Waals surface area contributed by atoms with E-state index >= 15 is 0 Å². The van der Waals surface area contributed by atoms with Crippen molar-refractivity contribution >= 4 is 17.7 Å². The van der Waals surface area contributed by atoms with Gasteiger partial charge in [0.25, 0.3) is 0 Å². The number of rotatable bonds is 4. The Kier molecular flexibility index (Phi) is 5.58. The Hall–Kier alpha value is -2.11. The molecule has 1 aliphatic heterocycles. The summed E-state index contributed by atoms with van der Waals surface area (Å²) >= 11 is 0. The van der Waals surface area contributed by atoms with Crippen molar-refractivity contribution in [2.45, 2.75) is 45.8 Å². The summed E-state index contributed by atoms with van der Waals surface area (Å²) in [6.07, 6.45) is 3.26. The third-order valence-corrected chi connectivity index (χ3v) is 4.16. The number of carbonyl (C=O) groups is 2. The Balaban J connectivity index is 2.09. The lowest BCUT2D eigenvalue weighted by molar-refractivity contribution is -0.129. The smallest absolute Gasteiger partial charge is 0.342 e. The first kappa shape index (κ1) is 17.2. The maximum atomic E-state index is 12.2. The topological polar surface area (TPSA) is 62.7 Å². The molecule has 6 heteroatoms. The van der Waals surface area contributed by atoms with E-state index in [2.05, 4.69) is 9.88 Å². The molecule has 1 aliphatic rings. The minimum atomic E-state index is -0.342. The summed E-state index contributed by atoms with van der Waals surface area (Å²) in [6.45, 7) is 6.78. The van der Waals surface area contributed by atoms with Crippen LogP contribution in [-0.2, 0) is 9.53 Å². The second kappa shape index (κ2) is 7.44. The van der Waals surface area contributed by atoms with E-state index in [1.807, 2.05) is 20.9 Å². The summed E-state index contributed by atoms with van der Waals surface area (Å²) in [5.41, 5.74) is 0.500. The normalized spacial score (nSPS) is 15.6. The molecule has 0 spiro atoms. The lowest BCUT2D eigenvalue weighted by atomic mass is 10.0. The molecule has 1 aromatic heterocycles. The van der Waals surface area contributed by atoms with E-state index in [4.69, 9.17) is 4.74 Å². The Morgan fingerprint density at radius 2 is 2.00 bits per heavy atom. The number of nitrogens with zero attached hydrogens (tertiary/aromatic N) is 3. The van der Waals surface area contributed by atoms with E-state index in [0.29, 0.717) is 11.4 Å². The number of hydrogen-bond acceptors (Lipinski definition) is 5. The van der Waals surface area contributed by atoms with Crippen LogP contribution in [0, 0.1) is 0 Å². The molecule has 1 aromatic rings. The van der Waals surface area contributed by atoms with E-state index in [9.17, 15) is 9.59 Å². The Labute approximate surface area is 137 Å². The predicted molar refractivity (Wildman–Crippen MR) is 88.5 cm³/mol. The van der Waals surface area contributed by atoms with Crippen molar-refractivity contribution in [2.75, 3.05) is 25.0 Å². The molecule has 0 saturated carbocycles. The number of piperidine rings is 1. The van der Waals surface area contributed by atoms with Gasteiger partial charge in [-0.15, -0.1) is 0 Å². The largest absolute Gasteiger partial charge is 0.459 e. The van der Waals surface area contributed by atoms with E-state index in [-0.39, 0.29) is 24.0 Å². The van der Waals surface area contributed by atoms with Crippen LogP contribution in [0.3, 0.4) is 0 Å². The Bertz CT molecular complexity index is 566. The van der Waals surface area contributed by atoms with Crippen molar-refractivity contribution in [3.05, 3.63) is 23.9 Å². The van der Waals surface area contributed by atoms with Crippen LogP contribution in [0.1, 0.15) is 44.0 Å². The Morgan fingerprint density at radius 3 is 2.57 bits per heavy atom. The number of esters is 1. The molecule has 1 amide bonds. The van der Waals surface area contributed by atoms with Gasteiger partial charge in [-0.05, 0) is 38.8 Å². The molecule has 2 heterocycles. The van der Waals surface area contributed by atoms with Crippen LogP contribution in [0.4, 0.5) is 5.82 Å². The third kappa shape index (κ3) is 4.21. The minimum Gasteiger partial charge on any atom is -0.459 e. The van der Waals surface area contributed by atoms with Crippen molar-refractivity contribution in [3.8, 4) is 0 Å². The Morgan fingerprint density at radius 1 is 1.35 bits per heavy atom. The van der Waals surface area contributed by atoms with Crippen molar-refractivity contribution in [1.82, 2.24) is 9.88 Å². The van der Waals surface area contributed by atoms with E-state index in [0.717, 1.165) is 25.9 Å². The molecule has 0 aliphatic carbocycles. The first-order chi connectivity index (χ1) is 10.9. The number of ether oxygens (including phenoxy) is 1. The molecule has 126 valence electrons. The fraction of sp³-hybridized carbons (Fsp3) is 0.588. The zero-order valence-corrected chi connectivity index (χ0v) is 14.3. The predicted octanol–water partition coefficient (Wildman–Crippen LogP) is 2.09. The van der Waals surface area contributed by atoms with E-state index in [1.54, 1.807) is 30.2 Å². The number of hydrogen-bond donors (Lipinski definition) is 0. The van der Waals surface area contributed by atoms with Crippen LogP contribution in [0.25, 0.3) is 0 Å².